The van der Waals surface area contributed by atoms with E-state index in [1.165, 1.54) is 13.1 Å². The van der Waals surface area contributed by atoms with Crippen molar-refractivity contribution >= 4 is 23.0 Å². The molecule has 2 saturated heterocycles. The number of rotatable bonds is 2. The van der Waals surface area contributed by atoms with Gasteiger partial charge in [0.15, 0.2) is 0 Å². The zero-order chi connectivity index (χ0) is 16.4. The number of halogens is 1. The minimum absolute atomic E-state index is 0.488. The fraction of sp³-hybridized carbons (Fsp3) is 0.588. The van der Waals surface area contributed by atoms with Crippen molar-refractivity contribution in [1.29, 1.82) is 5.26 Å². The minimum Gasteiger partial charge on any atom is -0.397 e. The molecule has 0 aromatic heterocycles. The lowest BCUT2D eigenvalue weighted by Gasteiger charge is -2.42. The molecule has 0 atom stereocenters. The zero-order valence-corrected chi connectivity index (χ0v) is 14.4. The van der Waals surface area contributed by atoms with Gasteiger partial charge in [-0.2, -0.15) is 5.26 Å². The van der Waals surface area contributed by atoms with Crippen LogP contribution in [0.2, 0.25) is 5.02 Å². The topological polar surface area (TPSA) is 59.5 Å². The maximum atomic E-state index is 9.13. The number of benzene rings is 1. The largest absolute Gasteiger partial charge is 0.397 e. The average molecular weight is 334 g/mol. The molecule has 1 aromatic rings. The van der Waals surface area contributed by atoms with Crippen LogP contribution in [0.4, 0.5) is 11.4 Å². The second-order valence-electron chi connectivity index (χ2n) is 6.57. The molecule has 0 amide bonds. The number of nitrogens with zero attached hydrogens (tertiary/aromatic N) is 4. The highest BCUT2D eigenvalue weighted by molar-refractivity contribution is 6.35. The van der Waals surface area contributed by atoms with E-state index in [9.17, 15) is 0 Å². The van der Waals surface area contributed by atoms with Gasteiger partial charge in [-0.05, 0) is 32.0 Å². The smallest absolute Gasteiger partial charge is 0.0993 e. The maximum absolute atomic E-state index is 9.13. The van der Waals surface area contributed by atoms with E-state index in [0.717, 1.165) is 44.7 Å². The summed E-state index contributed by atoms with van der Waals surface area (Å²) in [6.07, 6.45) is 2.27. The van der Waals surface area contributed by atoms with Crippen LogP contribution in [0.3, 0.4) is 0 Å². The molecule has 2 aliphatic heterocycles. The van der Waals surface area contributed by atoms with Crippen molar-refractivity contribution in [3.05, 3.63) is 22.7 Å². The first-order chi connectivity index (χ1) is 11.1. The van der Waals surface area contributed by atoms with Gasteiger partial charge in [0.05, 0.1) is 28.0 Å². The highest BCUT2D eigenvalue weighted by Gasteiger charge is 2.27. The zero-order valence-electron chi connectivity index (χ0n) is 13.6. The third-order valence-electron chi connectivity index (χ3n) is 5.07. The molecule has 2 fully saturated rings. The maximum Gasteiger partial charge on any atom is 0.0993 e. The third-order valence-corrected chi connectivity index (χ3v) is 5.48. The number of hydrogen-bond donors (Lipinski definition) is 1. The summed E-state index contributed by atoms with van der Waals surface area (Å²) in [6, 6.07) is 6.32. The summed E-state index contributed by atoms with van der Waals surface area (Å²) >= 11 is 6.36. The summed E-state index contributed by atoms with van der Waals surface area (Å²) in [5, 5.41) is 9.70. The van der Waals surface area contributed by atoms with Gasteiger partial charge in [-0.25, -0.2) is 0 Å². The van der Waals surface area contributed by atoms with Gasteiger partial charge in [0, 0.05) is 45.3 Å². The molecule has 3 rings (SSSR count). The van der Waals surface area contributed by atoms with Gasteiger partial charge in [-0.15, -0.1) is 0 Å². The highest BCUT2D eigenvalue weighted by atomic mass is 35.5. The summed E-state index contributed by atoms with van der Waals surface area (Å²) < 4.78 is 0. The summed E-state index contributed by atoms with van der Waals surface area (Å²) in [6.45, 7) is 6.58. The molecule has 0 unspecified atom stereocenters. The van der Waals surface area contributed by atoms with Crippen molar-refractivity contribution in [2.24, 2.45) is 0 Å². The Balaban J connectivity index is 1.65. The van der Waals surface area contributed by atoms with E-state index in [0.29, 0.717) is 22.3 Å². The number of nitrogens with two attached hydrogens (primary N) is 1. The molecule has 1 aromatic carbocycles. The summed E-state index contributed by atoms with van der Waals surface area (Å²) in [5.74, 6) is 0. The molecule has 0 bridgehead atoms. The highest BCUT2D eigenvalue weighted by Crippen LogP contribution is 2.34. The van der Waals surface area contributed by atoms with Crippen molar-refractivity contribution in [2.45, 2.75) is 18.9 Å². The lowest BCUT2D eigenvalue weighted by atomic mass is 10.0. The minimum atomic E-state index is 0.488. The normalized spacial score (nSPS) is 21.3. The van der Waals surface area contributed by atoms with Gasteiger partial charge in [-0.1, -0.05) is 11.6 Å². The SMILES string of the molecule is CN1CCN(C2CCN(c3cc(C#N)cc(N)c3Cl)CC2)CC1. The Hall–Kier alpha value is -1.48. The number of anilines is 2. The number of piperidine rings is 1. The molecule has 5 nitrogen and oxygen atoms in total. The summed E-state index contributed by atoms with van der Waals surface area (Å²) in [4.78, 5) is 7.28. The van der Waals surface area contributed by atoms with Crippen LogP contribution in [0, 0.1) is 11.3 Å². The number of nitrogen functional groups attached to an aromatic ring is 1. The molecule has 0 saturated carbocycles. The lowest BCUT2D eigenvalue weighted by Crippen LogP contribution is -2.52. The van der Waals surface area contributed by atoms with Gasteiger partial charge in [0.2, 0.25) is 0 Å². The van der Waals surface area contributed by atoms with Crippen molar-refractivity contribution in [1.82, 2.24) is 9.80 Å². The molecule has 124 valence electrons. The summed E-state index contributed by atoms with van der Waals surface area (Å²) in [7, 11) is 2.19. The predicted molar refractivity (Wildman–Crippen MR) is 94.9 cm³/mol. The van der Waals surface area contributed by atoms with Crippen LogP contribution in [0.15, 0.2) is 12.1 Å². The van der Waals surface area contributed by atoms with Gasteiger partial charge in [-0.3, -0.25) is 4.90 Å². The van der Waals surface area contributed by atoms with Gasteiger partial charge < -0.3 is 15.5 Å². The first kappa shape index (κ1) is 16.4. The van der Waals surface area contributed by atoms with Gasteiger partial charge in [0.1, 0.15) is 0 Å². The van der Waals surface area contributed by atoms with E-state index >= 15 is 0 Å². The Kier molecular flexibility index (Phi) is 4.96. The van der Waals surface area contributed by atoms with Crippen LogP contribution in [0.1, 0.15) is 18.4 Å². The van der Waals surface area contributed by atoms with Crippen LogP contribution in [0.25, 0.3) is 0 Å². The molecule has 2 aliphatic rings. The first-order valence-corrected chi connectivity index (χ1v) is 8.63. The molecule has 0 spiro atoms. The van der Waals surface area contributed by atoms with E-state index in [2.05, 4.69) is 27.8 Å². The predicted octanol–water partition coefficient (Wildman–Crippen LogP) is 2.01. The fourth-order valence-electron chi connectivity index (χ4n) is 3.58. The van der Waals surface area contributed by atoms with Crippen LogP contribution >= 0.6 is 11.6 Å². The molecule has 0 aliphatic carbocycles. The van der Waals surface area contributed by atoms with Crippen LogP contribution < -0.4 is 10.6 Å². The first-order valence-electron chi connectivity index (χ1n) is 8.25. The average Bonchev–Trinajstić information content (AvgIpc) is 2.58. The molecule has 6 heteroatoms. The molecule has 2 heterocycles. The number of piperazine rings is 1. The standard InChI is InChI=1S/C17H24ClN5/c1-21-6-8-22(9-7-21)14-2-4-23(5-3-14)16-11-13(12-19)10-15(20)17(16)18/h10-11,14H,2-9,20H2,1H3. The van der Waals surface area contributed by atoms with Crippen LogP contribution in [-0.2, 0) is 0 Å². The van der Waals surface area contributed by atoms with Crippen molar-refractivity contribution in [2.75, 3.05) is 56.9 Å². The Morgan fingerprint density at radius 2 is 1.78 bits per heavy atom. The fourth-order valence-corrected chi connectivity index (χ4v) is 3.81. The number of nitriles is 1. The Morgan fingerprint density at radius 3 is 2.39 bits per heavy atom. The second-order valence-corrected chi connectivity index (χ2v) is 6.95. The van der Waals surface area contributed by atoms with Crippen molar-refractivity contribution in [3.63, 3.8) is 0 Å². The van der Waals surface area contributed by atoms with Crippen molar-refractivity contribution < 1.29 is 0 Å². The van der Waals surface area contributed by atoms with Crippen LogP contribution in [-0.4, -0.2) is 62.2 Å². The van der Waals surface area contributed by atoms with E-state index < -0.39 is 0 Å². The van der Waals surface area contributed by atoms with Gasteiger partial charge >= 0.3 is 0 Å². The van der Waals surface area contributed by atoms with E-state index in [-0.39, 0.29) is 0 Å². The quantitative estimate of drug-likeness (QED) is 0.839. The second kappa shape index (κ2) is 6.96. The number of hydrogen-bond acceptors (Lipinski definition) is 5. The van der Waals surface area contributed by atoms with E-state index in [1.807, 2.05) is 6.07 Å². The Bertz CT molecular complexity index is 596. The molecule has 23 heavy (non-hydrogen) atoms. The monoisotopic (exact) mass is 333 g/mol. The summed E-state index contributed by atoms with van der Waals surface area (Å²) in [5.41, 5.74) is 7.90. The third kappa shape index (κ3) is 3.55. The molecule has 2 N–H and O–H groups in total. The van der Waals surface area contributed by atoms with E-state index in [1.54, 1.807) is 6.07 Å². The van der Waals surface area contributed by atoms with Crippen molar-refractivity contribution in [3.8, 4) is 6.07 Å². The van der Waals surface area contributed by atoms with Gasteiger partial charge in [0.25, 0.3) is 0 Å². The Morgan fingerprint density at radius 1 is 1.13 bits per heavy atom. The van der Waals surface area contributed by atoms with E-state index in [4.69, 9.17) is 22.6 Å². The Labute approximate surface area is 143 Å². The number of likely N-dealkylation sites (N-methyl/N-ethyl adjacent to an activating group) is 1. The molecular weight excluding hydrogens is 310 g/mol. The van der Waals surface area contributed by atoms with Crippen LogP contribution in [0.5, 0.6) is 0 Å². The molecule has 0 radical (unpaired) electrons. The lowest BCUT2D eigenvalue weighted by molar-refractivity contribution is 0.0982. The molecular formula is C17H24ClN5.